The van der Waals surface area contributed by atoms with Crippen molar-refractivity contribution in [2.75, 3.05) is 37.9 Å². The van der Waals surface area contributed by atoms with Gasteiger partial charge in [-0.05, 0) is 58.2 Å². The molecule has 0 aliphatic carbocycles. The van der Waals surface area contributed by atoms with Crippen molar-refractivity contribution in [2.45, 2.75) is 70.6 Å². The predicted molar refractivity (Wildman–Crippen MR) is 136 cm³/mol. The number of aryl methyl sites for hydroxylation is 1. The van der Waals surface area contributed by atoms with Gasteiger partial charge in [0.25, 0.3) is 0 Å². The Hall–Kier alpha value is -2.33. The van der Waals surface area contributed by atoms with Gasteiger partial charge in [0.05, 0.1) is 12.7 Å². The number of nitrogens with one attached hydrogen (secondary N) is 2. The zero-order chi connectivity index (χ0) is 26.1. The summed E-state index contributed by atoms with van der Waals surface area (Å²) in [4.78, 5) is 16.4. The number of ether oxygens (including phenoxy) is 1. The number of carbonyl (C=O) groups excluding carboxylic acids is 1. The van der Waals surface area contributed by atoms with Gasteiger partial charge < -0.3 is 15.4 Å². The van der Waals surface area contributed by atoms with Gasteiger partial charge in [-0.15, -0.1) is 11.3 Å². The normalized spacial score (nSPS) is 21.2. The quantitative estimate of drug-likeness (QED) is 0.464. The number of methoxy groups -OCH3 is 1. The van der Waals surface area contributed by atoms with E-state index in [0.29, 0.717) is 24.6 Å². The van der Waals surface area contributed by atoms with Crippen LogP contribution in [0.1, 0.15) is 57.1 Å². The van der Waals surface area contributed by atoms with Crippen LogP contribution in [0.15, 0.2) is 29.8 Å². The smallest absolute Gasteiger partial charge is 0.418 e. The largest absolute Gasteiger partial charge is 0.469 e. The van der Waals surface area contributed by atoms with Crippen LogP contribution in [0.5, 0.6) is 0 Å². The number of thiazole rings is 1. The van der Waals surface area contributed by atoms with E-state index in [4.69, 9.17) is 0 Å². The highest BCUT2D eigenvalue weighted by Crippen LogP contribution is 2.43. The minimum absolute atomic E-state index is 0.0488. The van der Waals surface area contributed by atoms with Crippen molar-refractivity contribution in [1.82, 2.24) is 9.88 Å². The van der Waals surface area contributed by atoms with Crippen LogP contribution in [0, 0.1) is 6.92 Å². The molecule has 3 heterocycles. The van der Waals surface area contributed by atoms with Crippen LogP contribution in [0.25, 0.3) is 0 Å². The molecular weight excluding hydrogens is 477 g/mol. The molecule has 2 aliphatic rings. The Balaban J connectivity index is 0.000000272. The van der Waals surface area contributed by atoms with E-state index in [1.807, 2.05) is 12.4 Å². The van der Waals surface area contributed by atoms with E-state index in [0.717, 1.165) is 37.4 Å². The number of rotatable bonds is 5. The number of carbonyl (C=O) groups is 1. The zero-order valence-corrected chi connectivity index (χ0v) is 22.0. The minimum atomic E-state index is -4.32. The van der Waals surface area contributed by atoms with Gasteiger partial charge in [0.2, 0.25) is 0 Å². The number of aromatic nitrogens is 1. The topological polar surface area (TPSA) is 66.5 Å². The second-order valence-electron chi connectivity index (χ2n) is 8.83. The van der Waals surface area contributed by atoms with Gasteiger partial charge in [-0.1, -0.05) is 18.6 Å². The third-order valence-electron chi connectivity index (χ3n) is 6.46. The molecule has 0 amide bonds. The molecule has 0 saturated carbocycles. The van der Waals surface area contributed by atoms with Crippen LogP contribution >= 0.6 is 11.3 Å². The van der Waals surface area contributed by atoms with Crippen LogP contribution in [-0.4, -0.2) is 54.7 Å². The Morgan fingerprint density at radius 2 is 2.09 bits per heavy atom. The summed E-state index contributed by atoms with van der Waals surface area (Å²) in [6, 6.07) is 5.07. The number of esters is 1. The maximum atomic E-state index is 13.2. The minimum Gasteiger partial charge on any atom is -0.469 e. The second-order valence-corrected chi connectivity index (χ2v) is 9.72. The van der Waals surface area contributed by atoms with Gasteiger partial charge in [-0.3, -0.25) is 9.69 Å². The van der Waals surface area contributed by atoms with E-state index < -0.39 is 11.7 Å². The molecule has 2 aromatic rings. The third-order valence-corrected chi connectivity index (χ3v) is 7.25. The van der Waals surface area contributed by atoms with Crippen molar-refractivity contribution in [1.29, 1.82) is 0 Å². The van der Waals surface area contributed by atoms with Crippen LogP contribution in [0.2, 0.25) is 0 Å². The third kappa shape index (κ3) is 8.10. The number of nitrogens with zero attached hydrogens (tertiary/aromatic N) is 2. The molecule has 1 aromatic carbocycles. The number of halogens is 3. The summed E-state index contributed by atoms with van der Waals surface area (Å²) < 4.78 is 43.9. The van der Waals surface area contributed by atoms with Crippen molar-refractivity contribution in [2.24, 2.45) is 0 Å². The summed E-state index contributed by atoms with van der Waals surface area (Å²) >= 11 is 1.60. The first-order valence-electron chi connectivity index (χ1n) is 11.9. The van der Waals surface area contributed by atoms with Gasteiger partial charge in [-0.2, -0.15) is 13.2 Å². The first-order valence-corrected chi connectivity index (χ1v) is 12.8. The van der Waals surface area contributed by atoms with Crippen molar-refractivity contribution >= 4 is 28.1 Å². The highest BCUT2D eigenvalue weighted by molar-refractivity contribution is 7.13. The fourth-order valence-corrected chi connectivity index (χ4v) is 5.12. The monoisotopic (exact) mass is 514 g/mol. The Kier molecular flexibility index (Phi) is 10.8. The molecular formula is C25H37F3N4O2S. The molecule has 2 atom stereocenters. The average Bonchev–Trinajstić information content (AvgIpc) is 3.57. The van der Waals surface area contributed by atoms with Crippen molar-refractivity contribution in [3.8, 4) is 0 Å². The highest BCUT2D eigenvalue weighted by Gasteiger charge is 2.47. The molecule has 2 aliphatic heterocycles. The van der Waals surface area contributed by atoms with E-state index in [1.54, 1.807) is 43.5 Å². The lowest BCUT2D eigenvalue weighted by Gasteiger charge is -2.35. The first-order chi connectivity index (χ1) is 16.6. The summed E-state index contributed by atoms with van der Waals surface area (Å²) in [6.07, 6.45) is 2.37. The Bertz CT molecular complexity index is 918. The molecule has 2 unspecified atom stereocenters. The lowest BCUT2D eigenvalue weighted by atomic mass is 9.93. The number of hydrogen-bond donors (Lipinski definition) is 2. The average molecular weight is 515 g/mol. The Morgan fingerprint density at radius 1 is 1.34 bits per heavy atom. The summed E-state index contributed by atoms with van der Waals surface area (Å²) in [5.41, 5.74) is 0.332. The lowest BCUT2D eigenvalue weighted by molar-refractivity contribution is -0.140. The van der Waals surface area contributed by atoms with E-state index >= 15 is 0 Å². The molecule has 10 heteroatoms. The summed E-state index contributed by atoms with van der Waals surface area (Å²) in [6.45, 7) is 7.34. The molecule has 2 N–H and O–H groups in total. The molecule has 35 heavy (non-hydrogen) atoms. The summed E-state index contributed by atoms with van der Waals surface area (Å²) in [7, 11) is 3.24. The molecule has 1 aromatic heterocycles. The summed E-state index contributed by atoms with van der Waals surface area (Å²) in [5.74, 6) is -0.157. The fraction of sp³-hybridized carbons (Fsp3) is 0.600. The van der Waals surface area contributed by atoms with E-state index in [2.05, 4.69) is 32.2 Å². The van der Waals surface area contributed by atoms with Gasteiger partial charge in [0.15, 0.2) is 5.13 Å². The van der Waals surface area contributed by atoms with Crippen LogP contribution in [0.4, 0.5) is 24.0 Å². The van der Waals surface area contributed by atoms with Crippen molar-refractivity contribution in [3.63, 3.8) is 0 Å². The number of fused-ring (bicyclic) bond motifs is 1. The summed E-state index contributed by atoms with van der Waals surface area (Å²) in [5, 5.41) is 8.93. The first kappa shape index (κ1) is 28.9. The standard InChI is InChI=1S/C17H23F3N2.C4H6N2S.C4H8O2/c1-12-4-5-15(14(10-12)17(18,19)20)21-11-16-7-3-9-22(16)13(2)6-8-16;1-5-4-6-2-3-7-4;1-3-4(5)6-2/h4-5,10,13,21H,3,6-9,11H2,1-2H3;2-3H,1H3,(H,5,6);3H2,1-2H3. The molecule has 2 saturated heterocycles. The number of benzene rings is 1. The maximum absolute atomic E-state index is 13.2. The van der Waals surface area contributed by atoms with Crippen molar-refractivity contribution in [3.05, 3.63) is 40.9 Å². The Labute approximate surface area is 210 Å². The van der Waals surface area contributed by atoms with E-state index in [1.165, 1.54) is 13.2 Å². The highest BCUT2D eigenvalue weighted by atomic mass is 32.1. The van der Waals surface area contributed by atoms with Gasteiger partial charge in [-0.25, -0.2) is 4.98 Å². The van der Waals surface area contributed by atoms with Gasteiger partial charge >= 0.3 is 12.1 Å². The number of anilines is 2. The van der Waals surface area contributed by atoms with Crippen LogP contribution in [0.3, 0.4) is 0 Å². The molecule has 196 valence electrons. The molecule has 2 fully saturated rings. The Morgan fingerprint density at radius 3 is 2.60 bits per heavy atom. The van der Waals surface area contributed by atoms with Crippen molar-refractivity contribution < 1.29 is 22.7 Å². The van der Waals surface area contributed by atoms with E-state index in [-0.39, 0.29) is 17.2 Å². The maximum Gasteiger partial charge on any atom is 0.418 e. The fourth-order valence-electron chi connectivity index (χ4n) is 4.63. The van der Waals surface area contributed by atoms with Crippen LogP contribution in [-0.2, 0) is 15.7 Å². The number of alkyl halides is 3. The zero-order valence-electron chi connectivity index (χ0n) is 21.2. The predicted octanol–water partition coefficient (Wildman–Crippen LogP) is 6.20. The molecule has 0 spiro atoms. The molecule has 0 bridgehead atoms. The van der Waals surface area contributed by atoms with Gasteiger partial charge in [0, 0.05) is 48.9 Å². The second kappa shape index (κ2) is 13.1. The van der Waals surface area contributed by atoms with E-state index in [9.17, 15) is 18.0 Å². The van der Waals surface area contributed by atoms with Crippen LogP contribution < -0.4 is 10.6 Å². The molecule has 0 radical (unpaired) electrons. The van der Waals surface area contributed by atoms with Gasteiger partial charge in [0.1, 0.15) is 0 Å². The molecule has 4 rings (SSSR count). The number of hydrogen-bond acceptors (Lipinski definition) is 7. The molecule has 6 nitrogen and oxygen atoms in total. The lowest BCUT2D eigenvalue weighted by Crippen LogP contribution is -2.46. The SMILES string of the molecule is CCC(=O)OC.CNc1nccs1.Cc1ccc(NCC23CCCN2C(C)CC3)c(C(F)(F)F)c1.